The Morgan fingerprint density at radius 1 is 1.33 bits per heavy atom. The van der Waals surface area contributed by atoms with E-state index in [4.69, 9.17) is 11.5 Å². The molecule has 1 saturated carbocycles. The van der Waals surface area contributed by atoms with E-state index in [1.54, 1.807) is 0 Å². The first-order chi connectivity index (χ1) is 5.46. The molecule has 1 unspecified atom stereocenters. The van der Waals surface area contributed by atoms with Gasteiger partial charge in [-0.25, -0.2) is 0 Å². The van der Waals surface area contributed by atoms with Gasteiger partial charge in [-0.1, -0.05) is 13.8 Å². The van der Waals surface area contributed by atoms with Crippen LogP contribution in [-0.2, 0) is 0 Å². The van der Waals surface area contributed by atoms with E-state index in [0.717, 1.165) is 12.8 Å². The molecule has 3 atom stereocenters. The van der Waals surface area contributed by atoms with Gasteiger partial charge in [-0.05, 0) is 25.2 Å². The van der Waals surface area contributed by atoms with E-state index >= 15 is 0 Å². The Morgan fingerprint density at radius 2 is 1.92 bits per heavy atom. The predicted molar refractivity (Wildman–Crippen MR) is 49.6 cm³/mol. The predicted octanol–water partition coefficient (Wildman–Crippen LogP) is 0.212. The van der Waals surface area contributed by atoms with Gasteiger partial charge in [0.1, 0.15) is 0 Å². The molecule has 0 amide bonds. The van der Waals surface area contributed by atoms with Crippen LogP contribution in [0.3, 0.4) is 0 Å². The van der Waals surface area contributed by atoms with Crippen molar-refractivity contribution in [3.63, 3.8) is 0 Å². The lowest BCUT2D eigenvalue weighted by molar-refractivity contribution is -0.0461. The first-order valence-corrected chi connectivity index (χ1v) is 4.69. The van der Waals surface area contributed by atoms with Gasteiger partial charge in [-0.2, -0.15) is 0 Å². The van der Waals surface area contributed by atoms with Crippen LogP contribution < -0.4 is 11.5 Å². The van der Waals surface area contributed by atoms with E-state index < -0.39 is 5.60 Å². The molecule has 0 spiro atoms. The summed E-state index contributed by atoms with van der Waals surface area (Å²) in [6.07, 6.45) is 2.28. The molecule has 5 N–H and O–H groups in total. The molecular formula is C9H20N2O. The summed E-state index contributed by atoms with van der Waals surface area (Å²) in [5.41, 5.74) is 11.0. The lowest BCUT2D eigenvalue weighted by atomic mass is 9.73. The first-order valence-electron chi connectivity index (χ1n) is 4.69. The third-order valence-corrected chi connectivity index (χ3v) is 3.12. The Balaban J connectivity index is 2.60. The Hall–Kier alpha value is -0.120. The SMILES string of the molecule is CC(C)C1(O)CC[C@H](N)[C@H](N)C1. The lowest BCUT2D eigenvalue weighted by Gasteiger charge is -2.41. The summed E-state index contributed by atoms with van der Waals surface area (Å²) < 4.78 is 0. The average molecular weight is 172 g/mol. The van der Waals surface area contributed by atoms with Crippen molar-refractivity contribution in [2.24, 2.45) is 17.4 Å². The van der Waals surface area contributed by atoms with E-state index in [9.17, 15) is 5.11 Å². The minimum atomic E-state index is -0.574. The Bertz CT molecular complexity index is 161. The zero-order valence-corrected chi connectivity index (χ0v) is 7.96. The van der Waals surface area contributed by atoms with Crippen LogP contribution in [0.5, 0.6) is 0 Å². The minimum absolute atomic E-state index is 0.0360. The summed E-state index contributed by atoms with van der Waals surface area (Å²) in [5.74, 6) is 0.274. The summed E-state index contributed by atoms with van der Waals surface area (Å²) >= 11 is 0. The normalized spacial score (nSPS) is 43.5. The molecule has 1 fully saturated rings. The molecule has 72 valence electrons. The van der Waals surface area contributed by atoms with Crippen molar-refractivity contribution in [1.82, 2.24) is 0 Å². The quantitative estimate of drug-likeness (QED) is 0.529. The number of rotatable bonds is 1. The van der Waals surface area contributed by atoms with Gasteiger partial charge in [0.25, 0.3) is 0 Å². The summed E-state index contributed by atoms with van der Waals surface area (Å²) in [5, 5.41) is 10.1. The van der Waals surface area contributed by atoms with Crippen LogP contribution >= 0.6 is 0 Å². The maximum absolute atomic E-state index is 10.1. The molecule has 1 rings (SSSR count). The fourth-order valence-electron chi connectivity index (χ4n) is 1.82. The highest BCUT2D eigenvalue weighted by molar-refractivity contribution is 4.95. The molecule has 3 heteroatoms. The van der Waals surface area contributed by atoms with Crippen molar-refractivity contribution in [2.45, 2.75) is 50.8 Å². The molecule has 0 heterocycles. The van der Waals surface area contributed by atoms with Gasteiger partial charge in [0.2, 0.25) is 0 Å². The van der Waals surface area contributed by atoms with Crippen LogP contribution in [0.2, 0.25) is 0 Å². The lowest BCUT2D eigenvalue weighted by Crippen LogP contribution is -2.54. The highest BCUT2D eigenvalue weighted by atomic mass is 16.3. The van der Waals surface area contributed by atoms with Crippen LogP contribution in [0.4, 0.5) is 0 Å². The minimum Gasteiger partial charge on any atom is -0.390 e. The monoisotopic (exact) mass is 172 g/mol. The fraction of sp³-hybridized carbons (Fsp3) is 1.00. The Labute approximate surface area is 74.1 Å². The van der Waals surface area contributed by atoms with Crippen molar-refractivity contribution >= 4 is 0 Å². The smallest absolute Gasteiger partial charge is 0.0686 e. The van der Waals surface area contributed by atoms with E-state index in [1.807, 2.05) is 13.8 Å². The topological polar surface area (TPSA) is 72.3 Å². The Morgan fingerprint density at radius 3 is 2.33 bits per heavy atom. The summed E-state index contributed by atoms with van der Waals surface area (Å²) in [7, 11) is 0. The molecule has 0 bridgehead atoms. The van der Waals surface area contributed by atoms with E-state index in [2.05, 4.69) is 0 Å². The van der Waals surface area contributed by atoms with Crippen molar-refractivity contribution in [3.05, 3.63) is 0 Å². The summed E-state index contributed by atoms with van der Waals surface area (Å²) in [6, 6.07) is 0.0372. The molecule has 0 aromatic rings. The van der Waals surface area contributed by atoms with Gasteiger partial charge < -0.3 is 16.6 Å². The third kappa shape index (κ3) is 1.79. The highest BCUT2D eigenvalue weighted by Crippen LogP contribution is 2.32. The largest absolute Gasteiger partial charge is 0.390 e. The standard InChI is InChI=1S/C9H20N2O/c1-6(2)9(12)4-3-7(10)8(11)5-9/h6-8,12H,3-5,10-11H2,1-2H3/t7-,8+,9?/m0/s1. The van der Waals surface area contributed by atoms with Gasteiger partial charge in [-0.3, -0.25) is 0 Å². The van der Waals surface area contributed by atoms with Crippen LogP contribution in [0.25, 0.3) is 0 Å². The molecule has 3 nitrogen and oxygen atoms in total. The van der Waals surface area contributed by atoms with Gasteiger partial charge in [0.05, 0.1) is 5.60 Å². The van der Waals surface area contributed by atoms with Crippen LogP contribution in [-0.4, -0.2) is 22.8 Å². The zero-order chi connectivity index (χ0) is 9.35. The average Bonchev–Trinajstić information content (AvgIpc) is 1.97. The number of hydrogen-bond donors (Lipinski definition) is 3. The van der Waals surface area contributed by atoms with Crippen molar-refractivity contribution in [3.8, 4) is 0 Å². The number of nitrogens with two attached hydrogens (primary N) is 2. The van der Waals surface area contributed by atoms with Crippen molar-refractivity contribution < 1.29 is 5.11 Å². The van der Waals surface area contributed by atoms with E-state index in [1.165, 1.54) is 0 Å². The molecule has 0 aromatic heterocycles. The van der Waals surface area contributed by atoms with E-state index in [-0.39, 0.29) is 18.0 Å². The maximum Gasteiger partial charge on any atom is 0.0686 e. The second-order valence-electron chi connectivity index (χ2n) is 4.33. The maximum atomic E-state index is 10.1. The molecule has 12 heavy (non-hydrogen) atoms. The van der Waals surface area contributed by atoms with Crippen LogP contribution in [0.1, 0.15) is 33.1 Å². The third-order valence-electron chi connectivity index (χ3n) is 3.12. The molecule has 1 aliphatic carbocycles. The number of aliphatic hydroxyl groups is 1. The summed E-state index contributed by atoms with van der Waals surface area (Å²) in [6.45, 7) is 4.06. The van der Waals surface area contributed by atoms with Crippen LogP contribution in [0, 0.1) is 5.92 Å². The molecule has 0 saturated heterocycles. The van der Waals surface area contributed by atoms with E-state index in [0.29, 0.717) is 6.42 Å². The van der Waals surface area contributed by atoms with Crippen molar-refractivity contribution in [1.29, 1.82) is 0 Å². The Kier molecular flexibility index (Phi) is 2.76. The molecule has 0 radical (unpaired) electrons. The molecule has 0 aromatic carbocycles. The first kappa shape index (κ1) is 9.96. The van der Waals surface area contributed by atoms with Gasteiger partial charge in [0, 0.05) is 12.1 Å². The molecular weight excluding hydrogens is 152 g/mol. The number of hydrogen-bond acceptors (Lipinski definition) is 3. The van der Waals surface area contributed by atoms with Gasteiger partial charge in [-0.15, -0.1) is 0 Å². The summed E-state index contributed by atoms with van der Waals surface area (Å²) in [4.78, 5) is 0. The van der Waals surface area contributed by atoms with Gasteiger partial charge in [0.15, 0.2) is 0 Å². The van der Waals surface area contributed by atoms with Crippen molar-refractivity contribution in [2.75, 3.05) is 0 Å². The second-order valence-corrected chi connectivity index (χ2v) is 4.33. The molecule has 0 aliphatic heterocycles. The van der Waals surface area contributed by atoms with Crippen LogP contribution in [0.15, 0.2) is 0 Å². The molecule has 1 aliphatic rings. The fourth-order valence-corrected chi connectivity index (χ4v) is 1.82. The van der Waals surface area contributed by atoms with Gasteiger partial charge >= 0.3 is 0 Å². The second kappa shape index (κ2) is 3.32. The highest BCUT2D eigenvalue weighted by Gasteiger charge is 2.38. The zero-order valence-electron chi connectivity index (χ0n) is 7.96.